The van der Waals surface area contributed by atoms with Crippen molar-refractivity contribution in [3.05, 3.63) is 58.7 Å². The molecular weight excluding hydrogens is 440 g/mol. The molecule has 0 N–H and O–H groups in total. The minimum absolute atomic E-state index is 0. The minimum atomic E-state index is -5.09. The van der Waals surface area contributed by atoms with Gasteiger partial charge in [-0.3, -0.25) is 4.79 Å². The van der Waals surface area contributed by atoms with Crippen LogP contribution in [0.2, 0.25) is 0 Å². The van der Waals surface area contributed by atoms with Crippen LogP contribution in [-0.2, 0) is 17.1 Å². The van der Waals surface area contributed by atoms with Gasteiger partial charge >= 0.3 is 31.2 Å². The predicted octanol–water partition coefficient (Wildman–Crippen LogP) is 2.71. The monoisotopic (exact) mass is 460 g/mol. The topological polar surface area (TPSA) is 35.5 Å². The van der Waals surface area contributed by atoms with Gasteiger partial charge in [0.2, 0.25) is 0 Å². The van der Waals surface area contributed by atoms with Crippen LogP contribution in [-0.4, -0.2) is 25.3 Å². The first-order valence-corrected chi connectivity index (χ1v) is 9.85. The van der Waals surface area contributed by atoms with E-state index < -0.39 is 43.1 Å². The number of rotatable bonds is 8. The second kappa shape index (κ2) is 11.4. The Balaban J connectivity index is 0.00000480. The molecule has 11 heteroatoms. The molecule has 1 unspecified atom stereocenters. The zero-order valence-electron chi connectivity index (χ0n) is 18.1. The van der Waals surface area contributed by atoms with E-state index in [1.165, 1.54) is 12.1 Å². The second-order valence-electron chi connectivity index (χ2n) is 6.20. The fraction of sp³-hybridized carbons (Fsp3) is 0.350. The van der Waals surface area contributed by atoms with Crippen LogP contribution in [0, 0.1) is 6.92 Å². The SMILES string of the molecule is CCOCCOc1ccc(PC(=O)c2c(C(F)(F)F)cccc2C(F)(F)F)c(C)c1.[H-].[Li+]. The molecule has 2 aromatic rings. The van der Waals surface area contributed by atoms with Crippen molar-refractivity contribution in [2.24, 2.45) is 0 Å². The van der Waals surface area contributed by atoms with Gasteiger partial charge in [-0.25, -0.2) is 0 Å². The number of carbonyl (C=O) groups is 1. The maximum Gasteiger partial charge on any atom is 1.00 e. The summed E-state index contributed by atoms with van der Waals surface area (Å²) in [5.41, 5.74) is -5.25. The summed E-state index contributed by atoms with van der Waals surface area (Å²) in [5, 5.41) is 0.335. The summed E-state index contributed by atoms with van der Waals surface area (Å²) in [7, 11) is -0.915. The molecule has 0 heterocycles. The van der Waals surface area contributed by atoms with Gasteiger partial charge in [0.05, 0.1) is 17.7 Å². The third-order valence-electron chi connectivity index (χ3n) is 4.05. The Labute approximate surface area is 190 Å². The van der Waals surface area contributed by atoms with E-state index in [1.54, 1.807) is 13.0 Å². The Morgan fingerprint density at radius 3 is 2.06 bits per heavy atom. The molecule has 0 spiro atoms. The molecular formula is C20H20F6LiO3P. The van der Waals surface area contributed by atoms with Crippen molar-refractivity contribution >= 4 is 19.4 Å². The van der Waals surface area contributed by atoms with Crippen LogP contribution in [0.25, 0.3) is 0 Å². The number of aryl methyl sites for hydroxylation is 1. The van der Waals surface area contributed by atoms with Gasteiger partial charge in [0.15, 0.2) is 5.52 Å². The molecule has 166 valence electrons. The first-order chi connectivity index (χ1) is 13.9. The molecule has 0 aliphatic rings. The standard InChI is InChI=1S/C20H19F6O3P.Li.H/c1-3-28-9-10-29-13-7-8-16(12(2)11-13)30-18(27)17-14(19(21,22)23)5-4-6-15(17)20(24,25)26;;/h4-8,11,30H,3,9-10H2,1-2H3;;/q;+1;-1. The van der Waals surface area contributed by atoms with Crippen molar-refractivity contribution in [1.29, 1.82) is 0 Å². The number of hydrogen-bond acceptors (Lipinski definition) is 3. The number of ether oxygens (including phenoxy) is 2. The molecule has 0 amide bonds. The van der Waals surface area contributed by atoms with E-state index in [0.717, 1.165) is 0 Å². The van der Waals surface area contributed by atoms with Gasteiger partial charge in [-0.2, -0.15) is 26.3 Å². The van der Waals surface area contributed by atoms with Crippen LogP contribution in [0.3, 0.4) is 0 Å². The molecule has 0 radical (unpaired) electrons. The van der Waals surface area contributed by atoms with E-state index in [0.29, 0.717) is 48.0 Å². The van der Waals surface area contributed by atoms with Crippen LogP contribution in [0.15, 0.2) is 36.4 Å². The van der Waals surface area contributed by atoms with Crippen LogP contribution in [0.1, 0.15) is 35.4 Å². The van der Waals surface area contributed by atoms with E-state index in [9.17, 15) is 31.1 Å². The van der Waals surface area contributed by atoms with Crippen molar-refractivity contribution in [1.82, 2.24) is 0 Å². The molecule has 0 aromatic heterocycles. The molecule has 2 aromatic carbocycles. The fourth-order valence-corrected chi connectivity index (χ4v) is 3.76. The van der Waals surface area contributed by atoms with Gasteiger partial charge in [-0.05, 0) is 57.6 Å². The molecule has 3 nitrogen and oxygen atoms in total. The summed E-state index contributed by atoms with van der Waals surface area (Å²) in [6, 6.07) is 6.15. The number of hydrogen-bond donors (Lipinski definition) is 0. The average molecular weight is 460 g/mol. The van der Waals surface area contributed by atoms with Gasteiger partial charge in [0, 0.05) is 12.2 Å². The summed E-state index contributed by atoms with van der Waals surface area (Å²) in [6.45, 7) is 4.61. The summed E-state index contributed by atoms with van der Waals surface area (Å²) in [5.74, 6) is 0.458. The van der Waals surface area contributed by atoms with Crippen molar-refractivity contribution in [2.75, 3.05) is 19.8 Å². The number of alkyl halides is 6. The Morgan fingerprint density at radius 2 is 1.58 bits per heavy atom. The summed E-state index contributed by atoms with van der Waals surface area (Å²) >= 11 is 0. The Hall–Kier alpha value is -1.52. The summed E-state index contributed by atoms with van der Waals surface area (Å²) < 4.78 is 90.3. The van der Waals surface area contributed by atoms with Crippen LogP contribution in [0.5, 0.6) is 5.75 Å². The molecule has 1 atom stereocenters. The van der Waals surface area contributed by atoms with Crippen molar-refractivity contribution in [3.63, 3.8) is 0 Å². The van der Waals surface area contributed by atoms with E-state index in [4.69, 9.17) is 9.47 Å². The summed E-state index contributed by atoms with van der Waals surface area (Å²) in [6.07, 6.45) is -10.2. The smallest absolute Gasteiger partial charge is 1.00 e. The predicted molar refractivity (Wildman–Crippen MR) is 103 cm³/mol. The summed E-state index contributed by atoms with van der Waals surface area (Å²) in [4.78, 5) is 12.6. The van der Waals surface area contributed by atoms with Gasteiger partial charge < -0.3 is 10.9 Å². The van der Waals surface area contributed by atoms with Gasteiger partial charge in [-0.15, -0.1) is 0 Å². The first kappa shape index (κ1) is 27.5. The second-order valence-corrected chi connectivity index (χ2v) is 7.44. The maximum atomic E-state index is 13.3. The fourth-order valence-electron chi connectivity index (χ4n) is 2.68. The van der Waals surface area contributed by atoms with Crippen molar-refractivity contribution < 1.29 is 60.9 Å². The molecule has 0 aliphatic heterocycles. The van der Waals surface area contributed by atoms with E-state index in [1.807, 2.05) is 6.92 Å². The molecule has 0 bridgehead atoms. The number of benzene rings is 2. The van der Waals surface area contributed by atoms with Crippen LogP contribution in [0.4, 0.5) is 26.3 Å². The largest absolute Gasteiger partial charge is 1.00 e. The van der Waals surface area contributed by atoms with Gasteiger partial charge in [0.25, 0.3) is 0 Å². The molecule has 0 saturated heterocycles. The van der Waals surface area contributed by atoms with E-state index in [2.05, 4.69) is 0 Å². The van der Waals surface area contributed by atoms with Gasteiger partial charge in [0.1, 0.15) is 12.4 Å². The third kappa shape index (κ3) is 7.53. The third-order valence-corrected chi connectivity index (χ3v) is 5.36. The van der Waals surface area contributed by atoms with Gasteiger partial charge in [-0.1, -0.05) is 12.1 Å². The quantitative estimate of drug-likeness (QED) is 0.263. The molecule has 0 aliphatic carbocycles. The number of halogens is 6. The minimum Gasteiger partial charge on any atom is -1.00 e. The molecule has 0 saturated carbocycles. The van der Waals surface area contributed by atoms with E-state index in [-0.39, 0.29) is 26.9 Å². The number of carbonyl (C=O) groups excluding carboxylic acids is 1. The maximum absolute atomic E-state index is 13.3. The Bertz CT molecular complexity index is 874. The zero-order chi connectivity index (χ0) is 22.5. The van der Waals surface area contributed by atoms with Crippen molar-refractivity contribution in [3.8, 4) is 5.75 Å². The van der Waals surface area contributed by atoms with Crippen LogP contribution >= 0.6 is 8.58 Å². The Morgan fingerprint density at radius 1 is 1.00 bits per heavy atom. The van der Waals surface area contributed by atoms with Crippen LogP contribution < -0.4 is 28.9 Å². The Kier molecular flexibility index (Phi) is 10.1. The first-order valence-electron chi connectivity index (χ1n) is 8.85. The molecule has 2 rings (SSSR count). The van der Waals surface area contributed by atoms with Crippen molar-refractivity contribution in [2.45, 2.75) is 26.2 Å². The molecule has 31 heavy (non-hydrogen) atoms. The average Bonchev–Trinajstić information content (AvgIpc) is 2.65. The normalized spacial score (nSPS) is 12.1. The molecule has 0 fully saturated rings. The zero-order valence-corrected chi connectivity index (χ0v) is 18.1. The van der Waals surface area contributed by atoms with E-state index >= 15 is 0 Å².